The van der Waals surface area contributed by atoms with E-state index in [0.717, 1.165) is 30.7 Å². The van der Waals surface area contributed by atoms with Crippen molar-refractivity contribution in [3.8, 4) is 11.4 Å². The molecule has 2 aromatic rings. The lowest BCUT2D eigenvalue weighted by atomic mass is 9.90. The van der Waals surface area contributed by atoms with Crippen molar-refractivity contribution in [2.45, 2.75) is 37.8 Å². The van der Waals surface area contributed by atoms with Crippen molar-refractivity contribution < 1.29 is 14.3 Å². The van der Waals surface area contributed by atoms with Gasteiger partial charge >= 0.3 is 0 Å². The highest BCUT2D eigenvalue weighted by atomic mass is 16.5. The van der Waals surface area contributed by atoms with Gasteiger partial charge in [0, 0.05) is 12.7 Å². The molecule has 2 aliphatic rings. The second-order valence-corrected chi connectivity index (χ2v) is 6.61. The molecule has 25 heavy (non-hydrogen) atoms. The average molecular weight is 341 g/mol. The lowest BCUT2D eigenvalue weighted by Crippen LogP contribution is -2.54. The second kappa shape index (κ2) is 6.88. The van der Waals surface area contributed by atoms with E-state index < -0.39 is 0 Å². The first-order chi connectivity index (χ1) is 12.3. The molecule has 4 rings (SSSR count). The molecule has 1 aliphatic heterocycles. The number of hydrogen-bond acceptors (Lipinski definition) is 4. The van der Waals surface area contributed by atoms with Gasteiger partial charge in [-0.25, -0.2) is 4.68 Å². The summed E-state index contributed by atoms with van der Waals surface area (Å²) < 4.78 is 13.0. The van der Waals surface area contributed by atoms with Gasteiger partial charge in [0.05, 0.1) is 37.6 Å². The predicted molar refractivity (Wildman–Crippen MR) is 93.1 cm³/mol. The number of methoxy groups -OCH3 is 1. The Morgan fingerprint density at radius 3 is 3.00 bits per heavy atom. The molecule has 6 nitrogen and oxygen atoms in total. The zero-order chi connectivity index (χ0) is 17.2. The maximum Gasteiger partial charge on any atom is 0.257 e. The van der Waals surface area contributed by atoms with E-state index >= 15 is 0 Å². The van der Waals surface area contributed by atoms with E-state index in [1.807, 2.05) is 29.2 Å². The molecule has 2 heterocycles. The number of fused-ring (bicyclic) bond motifs is 1. The average Bonchev–Trinajstić information content (AvgIpc) is 3.17. The van der Waals surface area contributed by atoms with Crippen LogP contribution in [0.15, 0.2) is 36.7 Å². The van der Waals surface area contributed by atoms with Crippen LogP contribution in [0.1, 0.15) is 36.0 Å². The zero-order valence-corrected chi connectivity index (χ0v) is 14.4. The summed E-state index contributed by atoms with van der Waals surface area (Å²) in [6.45, 7) is 1.27. The SMILES string of the molecule is COc1ccccc1-n1cc(C(=O)N2CCOC3CCCCC32)cn1. The van der Waals surface area contributed by atoms with Crippen molar-refractivity contribution in [3.63, 3.8) is 0 Å². The first kappa shape index (κ1) is 16.1. The summed E-state index contributed by atoms with van der Waals surface area (Å²) in [5.74, 6) is 0.768. The molecule has 1 saturated carbocycles. The van der Waals surface area contributed by atoms with Crippen LogP contribution < -0.4 is 4.74 Å². The number of morpholine rings is 1. The molecule has 0 radical (unpaired) electrons. The van der Waals surface area contributed by atoms with E-state index in [4.69, 9.17) is 9.47 Å². The summed E-state index contributed by atoms with van der Waals surface area (Å²) in [7, 11) is 1.63. The summed E-state index contributed by atoms with van der Waals surface area (Å²) in [4.78, 5) is 15.0. The Balaban J connectivity index is 1.58. The number of ether oxygens (including phenoxy) is 2. The van der Waals surface area contributed by atoms with Gasteiger partial charge in [-0.1, -0.05) is 25.0 Å². The van der Waals surface area contributed by atoms with Crippen molar-refractivity contribution in [1.82, 2.24) is 14.7 Å². The number of carbonyl (C=O) groups excluding carboxylic acids is 1. The number of para-hydroxylation sites is 2. The lowest BCUT2D eigenvalue weighted by Gasteiger charge is -2.43. The Kier molecular flexibility index (Phi) is 4.44. The molecule has 2 unspecified atom stereocenters. The largest absolute Gasteiger partial charge is 0.494 e. The van der Waals surface area contributed by atoms with Gasteiger partial charge in [0.15, 0.2) is 0 Å². The summed E-state index contributed by atoms with van der Waals surface area (Å²) in [5, 5.41) is 4.37. The van der Waals surface area contributed by atoms with Crippen molar-refractivity contribution in [1.29, 1.82) is 0 Å². The van der Waals surface area contributed by atoms with Gasteiger partial charge in [-0.2, -0.15) is 5.10 Å². The molecule has 2 atom stereocenters. The molecule has 1 saturated heterocycles. The van der Waals surface area contributed by atoms with Gasteiger partial charge < -0.3 is 14.4 Å². The monoisotopic (exact) mass is 341 g/mol. The van der Waals surface area contributed by atoms with Crippen LogP contribution in [0.2, 0.25) is 0 Å². The molecule has 1 aromatic heterocycles. The quantitative estimate of drug-likeness (QED) is 0.861. The van der Waals surface area contributed by atoms with Gasteiger partial charge in [-0.15, -0.1) is 0 Å². The molecular weight excluding hydrogens is 318 g/mol. The van der Waals surface area contributed by atoms with Crippen LogP contribution in [0.25, 0.3) is 5.69 Å². The first-order valence-corrected chi connectivity index (χ1v) is 8.88. The summed E-state index contributed by atoms with van der Waals surface area (Å²) in [6, 6.07) is 7.84. The van der Waals surface area contributed by atoms with Crippen LogP contribution in [0, 0.1) is 0 Å². The Morgan fingerprint density at radius 2 is 2.12 bits per heavy atom. The summed E-state index contributed by atoms with van der Waals surface area (Å²) >= 11 is 0. The van der Waals surface area contributed by atoms with Crippen molar-refractivity contribution >= 4 is 5.91 Å². The highest BCUT2D eigenvalue weighted by Crippen LogP contribution is 2.29. The third kappa shape index (κ3) is 3.02. The van der Waals surface area contributed by atoms with Crippen molar-refractivity contribution in [2.24, 2.45) is 0 Å². The molecule has 132 valence electrons. The van der Waals surface area contributed by atoms with Crippen LogP contribution in [-0.2, 0) is 4.74 Å². The summed E-state index contributed by atoms with van der Waals surface area (Å²) in [6.07, 6.45) is 8.04. The number of aromatic nitrogens is 2. The fourth-order valence-corrected chi connectivity index (χ4v) is 3.90. The van der Waals surface area contributed by atoms with Crippen LogP contribution >= 0.6 is 0 Å². The van der Waals surface area contributed by atoms with Gasteiger partial charge in [-0.3, -0.25) is 4.79 Å². The van der Waals surface area contributed by atoms with Crippen molar-refractivity contribution in [3.05, 3.63) is 42.2 Å². The highest BCUT2D eigenvalue weighted by molar-refractivity contribution is 5.94. The van der Waals surface area contributed by atoms with Crippen LogP contribution in [0.4, 0.5) is 0 Å². The molecule has 1 aliphatic carbocycles. The fourth-order valence-electron chi connectivity index (χ4n) is 3.90. The van der Waals surface area contributed by atoms with E-state index in [-0.39, 0.29) is 18.1 Å². The second-order valence-electron chi connectivity index (χ2n) is 6.61. The van der Waals surface area contributed by atoms with E-state index in [0.29, 0.717) is 18.7 Å². The maximum atomic E-state index is 13.0. The third-order valence-corrected chi connectivity index (χ3v) is 5.15. The molecule has 2 fully saturated rings. The molecule has 0 bridgehead atoms. The third-order valence-electron chi connectivity index (χ3n) is 5.15. The molecule has 0 N–H and O–H groups in total. The minimum absolute atomic E-state index is 0.0429. The molecular formula is C19H23N3O3. The van der Waals surface area contributed by atoms with Crippen LogP contribution in [-0.4, -0.2) is 53.0 Å². The molecule has 6 heteroatoms. The highest BCUT2D eigenvalue weighted by Gasteiger charge is 2.37. The number of nitrogens with zero attached hydrogens (tertiary/aromatic N) is 3. The van der Waals surface area contributed by atoms with Crippen molar-refractivity contribution in [2.75, 3.05) is 20.3 Å². The number of carbonyl (C=O) groups is 1. The number of rotatable bonds is 3. The smallest absolute Gasteiger partial charge is 0.257 e. The molecule has 1 amide bonds. The minimum atomic E-state index is 0.0429. The van der Waals surface area contributed by atoms with Crippen LogP contribution in [0.5, 0.6) is 5.75 Å². The standard InChI is InChI=1S/C19H23N3O3/c1-24-17-8-4-3-7-16(17)22-13-14(12-20-22)19(23)21-10-11-25-18-9-5-2-6-15(18)21/h3-4,7-8,12-13,15,18H,2,5-6,9-11H2,1H3. The number of amides is 1. The van der Waals surface area contributed by atoms with E-state index in [1.54, 1.807) is 24.2 Å². The number of benzene rings is 1. The Hall–Kier alpha value is -2.34. The Morgan fingerprint density at radius 1 is 1.28 bits per heavy atom. The summed E-state index contributed by atoms with van der Waals surface area (Å²) in [5.41, 5.74) is 1.43. The topological polar surface area (TPSA) is 56.6 Å². The van der Waals surface area contributed by atoms with Gasteiger partial charge in [-0.05, 0) is 25.0 Å². The van der Waals surface area contributed by atoms with E-state index in [2.05, 4.69) is 5.10 Å². The van der Waals surface area contributed by atoms with Gasteiger partial charge in [0.25, 0.3) is 5.91 Å². The maximum absolute atomic E-state index is 13.0. The predicted octanol–water partition coefficient (Wildman–Crippen LogP) is 2.66. The van der Waals surface area contributed by atoms with Gasteiger partial charge in [0.2, 0.25) is 0 Å². The number of hydrogen-bond donors (Lipinski definition) is 0. The Bertz CT molecular complexity index is 756. The van der Waals surface area contributed by atoms with E-state index in [1.165, 1.54) is 6.42 Å². The fraction of sp³-hybridized carbons (Fsp3) is 0.474. The Labute approximate surface area is 147 Å². The zero-order valence-electron chi connectivity index (χ0n) is 14.4. The van der Waals surface area contributed by atoms with E-state index in [9.17, 15) is 4.79 Å². The molecule has 1 aromatic carbocycles. The molecule has 0 spiro atoms. The van der Waals surface area contributed by atoms with Gasteiger partial charge in [0.1, 0.15) is 11.4 Å². The van der Waals surface area contributed by atoms with Crippen LogP contribution in [0.3, 0.4) is 0 Å². The normalized spacial score (nSPS) is 23.2. The first-order valence-electron chi connectivity index (χ1n) is 8.88. The lowest BCUT2D eigenvalue weighted by molar-refractivity contribution is -0.0752. The minimum Gasteiger partial charge on any atom is -0.494 e.